The van der Waals surface area contributed by atoms with E-state index < -0.39 is 5.54 Å². The zero-order valence-corrected chi connectivity index (χ0v) is 15.7. The van der Waals surface area contributed by atoms with Crippen molar-refractivity contribution in [3.05, 3.63) is 35.0 Å². The minimum Gasteiger partial charge on any atom is -0.378 e. The van der Waals surface area contributed by atoms with Crippen molar-refractivity contribution < 1.29 is 9.53 Å². The van der Waals surface area contributed by atoms with Crippen molar-refractivity contribution in [1.82, 2.24) is 10.3 Å². The first-order chi connectivity index (χ1) is 11.8. The van der Waals surface area contributed by atoms with E-state index in [9.17, 15) is 4.79 Å². The van der Waals surface area contributed by atoms with Crippen LogP contribution in [-0.4, -0.2) is 35.7 Å². The Morgan fingerprint density at radius 1 is 1.48 bits per heavy atom. The third kappa shape index (κ3) is 3.05. The molecule has 1 aliphatic carbocycles. The van der Waals surface area contributed by atoms with E-state index in [1.807, 2.05) is 45.2 Å². The molecule has 2 atom stereocenters. The second kappa shape index (κ2) is 6.63. The fourth-order valence-electron chi connectivity index (χ4n) is 3.65. The predicted molar refractivity (Wildman–Crippen MR) is 101 cm³/mol. The van der Waals surface area contributed by atoms with Gasteiger partial charge in [0.25, 0.3) is 0 Å². The number of H-pyrrole nitrogens is 1. The van der Waals surface area contributed by atoms with Crippen molar-refractivity contribution in [2.24, 2.45) is 11.1 Å². The topological polar surface area (TPSA) is 80.1 Å². The summed E-state index contributed by atoms with van der Waals surface area (Å²) in [7, 11) is 0. The van der Waals surface area contributed by atoms with Gasteiger partial charge in [-0.1, -0.05) is 25.4 Å². The quantitative estimate of drug-likeness (QED) is 0.738. The molecule has 1 aromatic heterocycles. The maximum Gasteiger partial charge on any atom is 0.240 e. The highest BCUT2D eigenvalue weighted by Crippen LogP contribution is 2.49. The molecule has 1 heterocycles. The Balaban J connectivity index is 1.60. The molecule has 5 nitrogen and oxygen atoms in total. The zero-order chi connectivity index (χ0) is 18.2. The van der Waals surface area contributed by atoms with Crippen molar-refractivity contribution in [2.75, 3.05) is 13.2 Å². The second-order valence-electron chi connectivity index (χ2n) is 7.35. The predicted octanol–water partition coefficient (Wildman–Crippen LogP) is 3.01. The van der Waals surface area contributed by atoms with E-state index in [1.165, 1.54) is 0 Å². The number of amides is 1. The number of ether oxygens (including phenoxy) is 1. The number of rotatable bonds is 6. The van der Waals surface area contributed by atoms with Crippen LogP contribution < -0.4 is 11.1 Å². The summed E-state index contributed by atoms with van der Waals surface area (Å²) in [5.74, 6) is -0.105. The standard InChI is InChI=1S/C19H26ClN3O2/c1-4-25-16-10-19(21,18(16,2)3)17(24)22-8-7-12-11-23-15-6-5-13(20)9-14(12)15/h5-6,9,11,16,23H,4,7-8,10,21H2,1-3H3,(H,22,24). The van der Waals surface area contributed by atoms with Crippen LogP contribution in [0.2, 0.25) is 5.02 Å². The van der Waals surface area contributed by atoms with Crippen LogP contribution in [0.4, 0.5) is 0 Å². The molecule has 1 aliphatic rings. The summed E-state index contributed by atoms with van der Waals surface area (Å²) in [6.07, 6.45) is 3.27. The van der Waals surface area contributed by atoms with Gasteiger partial charge in [0.2, 0.25) is 5.91 Å². The van der Waals surface area contributed by atoms with Crippen LogP contribution in [0.5, 0.6) is 0 Å². The summed E-state index contributed by atoms with van der Waals surface area (Å²) in [6.45, 7) is 7.12. The molecule has 4 N–H and O–H groups in total. The Kier molecular flexibility index (Phi) is 4.84. The van der Waals surface area contributed by atoms with Crippen molar-refractivity contribution in [1.29, 1.82) is 0 Å². The van der Waals surface area contributed by atoms with Gasteiger partial charge in [-0.25, -0.2) is 0 Å². The van der Waals surface area contributed by atoms with Gasteiger partial charge in [-0.2, -0.15) is 0 Å². The Morgan fingerprint density at radius 2 is 2.24 bits per heavy atom. The highest BCUT2D eigenvalue weighted by molar-refractivity contribution is 6.31. The first kappa shape index (κ1) is 18.2. The molecule has 0 saturated heterocycles. The SMILES string of the molecule is CCOC1CC(N)(C(=O)NCCc2c[nH]c3ccc(Cl)cc23)C1(C)C. The molecule has 1 aromatic carbocycles. The third-order valence-corrected chi connectivity index (χ3v) is 5.88. The van der Waals surface area contributed by atoms with Gasteiger partial charge < -0.3 is 20.8 Å². The normalized spacial score (nSPS) is 24.9. The van der Waals surface area contributed by atoms with Gasteiger partial charge in [0.1, 0.15) is 5.54 Å². The van der Waals surface area contributed by atoms with Gasteiger partial charge in [0.15, 0.2) is 0 Å². The van der Waals surface area contributed by atoms with E-state index in [0.717, 1.165) is 22.9 Å². The number of carbonyl (C=O) groups excluding carboxylic acids is 1. The number of aromatic amines is 1. The molecule has 2 unspecified atom stereocenters. The lowest BCUT2D eigenvalue weighted by Gasteiger charge is -2.57. The van der Waals surface area contributed by atoms with Gasteiger partial charge in [-0.15, -0.1) is 0 Å². The van der Waals surface area contributed by atoms with Crippen LogP contribution in [0.3, 0.4) is 0 Å². The summed E-state index contributed by atoms with van der Waals surface area (Å²) in [4.78, 5) is 15.9. The number of carbonyl (C=O) groups is 1. The molecule has 25 heavy (non-hydrogen) atoms. The van der Waals surface area contributed by atoms with E-state index >= 15 is 0 Å². The van der Waals surface area contributed by atoms with E-state index in [2.05, 4.69) is 10.3 Å². The van der Waals surface area contributed by atoms with Gasteiger partial charge in [0, 0.05) is 47.1 Å². The molecule has 0 aliphatic heterocycles. The van der Waals surface area contributed by atoms with E-state index in [0.29, 0.717) is 24.6 Å². The molecule has 136 valence electrons. The van der Waals surface area contributed by atoms with Crippen LogP contribution >= 0.6 is 11.6 Å². The van der Waals surface area contributed by atoms with E-state index in [4.69, 9.17) is 22.1 Å². The molecule has 3 rings (SSSR count). The first-order valence-corrected chi connectivity index (χ1v) is 9.11. The van der Waals surface area contributed by atoms with Gasteiger partial charge in [-0.3, -0.25) is 4.79 Å². The molecule has 0 radical (unpaired) electrons. The molecule has 2 aromatic rings. The van der Waals surface area contributed by atoms with Crippen LogP contribution in [0.25, 0.3) is 10.9 Å². The lowest BCUT2D eigenvalue weighted by molar-refractivity contribution is -0.170. The van der Waals surface area contributed by atoms with Crippen LogP contribution in [0, 0.1) is 5.41 Å². The molecular weight excluding hydrogens is 338 g/mol. The van der Waals surface area contributed by atoms with Crippen molar-refractivity contribution in [3.8, 4) is 0 Å². The van der Waals surface area contributed by atoms with E-state index in [-0.39, 0.29) is 17.4 Å². The summed E-state index contributed by atoms with van der Waals surface area (Å²) < 4.78 is 5.68. The van der Waals surface area contributed by atoms with Crippen LogP contribution in [-0.2, 0) is 16.0 Å². The minimum absolute atomic E-state index is 0.0315. The maximum atomic E-state index is 12.6. The summed E-state index contributed by atoms with van der Waals surface area (Å²) in [6, 6.07) is 5.76. The van der Waals surface area contributed by atoms with E-state index in [1.54, 1.807) is 0 Å². The number of fused-ring (bicyclic) bond motifs is 1. The highest BCUT2D eigenvalue weighted by Gasteiger charge is 2.62. The van der Waals surface area contributed by atoms with Crippen LogP contribution in [0.1, 0.15) is 32.8 Å². The molecule has 1 fully saturated rings. The fraction of sp³-hybridized carbons (Fsp3) is 0.526. The second-order valence-corrected chi connectivity index (χ2v) is 7.79. The number of halogens is 1. The van der Waals surface area contributed by atoms with Crippen molar-refractivity contribution >= 4 is 28.4 Å². The Labute approximate surface area is 153 Å². The number of aromatic nitrogens is 1. The average molecular weight is 364 g/mol. The Hall–Kier alpha value is -1.56. The summed E-state index contributed by atoms with van der Waals surface area (Å²) >= 11 is 6.08. The molecule has 1 amide bonds. The smallest absolute Gasteiger partial charge is 0.240 e. The van der Waals surface area contributed by atoms with Gasteiger partial charge >= 0.3 is 0 Å². The third-order valence-electron chi connectivity index (χ3n) is 5.64. The highest BCUT2D eigenvalue weighted by atomic mass is 35.5. The number of nitrogens with two attached hydrogens (primary N) is 1. The number of hydrogen-bond acceptors (Lipinski definition) is 3. The first-order valence-electron chi connectivity index (χ1n) is 8.74. The summed E-state index contributed by atoms with van der Waals surface area (Å²) in [5.41, 5.74) is 7.32. The Morgan fingerprint density at radius 3 is 2.92 bits per heavy atom. The maximum absolute atomic E-state index is 12.6. The monoisotopic (exact) mass is 363 g/mol. The Bertz CT molecular complexity index is 786. The molecule has 0 spiro atoms. The van der Waals surface area contributed by atoms with Crippen molar-refractivity contribution in [2.45, 2.75) is 45.3 Å². The molecular formula is C19H26ClN3O2. The number of nitrogens with one attached hydrogen (secondary N) is 2. The van der Waals surface area contributed by atoms with Crippen LogP contribution in [0.15, 0.2) is 24.4 Å². The lowest BCUT2D eigenvalue weighted by atomic mass is 9.54. The average Bonchev–Trinajstić information content (AvgIpc) is 2.96. The molecule has 0 bridgehead atoms. The van der Waals surface area contributed by atoms with Gasteiger partial charge in [-0.05, 0) is 37.1 Å². The molecule has 1 saturated carbocycles. The lowest BCUT2D eigenvalue weighted by Crippen LogP contribution is -2.75. The molecule has 6 heteroatoms. The number of hydrogen-bond donors (Lipinski definition) is 3. The zero-order valence-electron chi connectivity index (χ0n) is 15.0. The largest absolute Gasteiger partial charge is 0.378 e. The number of benzene rings is 1. The van der Waals surface area contributed by atoms with Crippen molar-refractivity contribution in [3.63, 3.8) is 0 Å². The fourth-order valence-corrected chi connectivity index (χ4v) is 3.82. The minimum atomic E-state index is -0.879. The van der Waals surface area contributed by atoms with Gasteiger partial charge in [0.05, 0.1) is 6.10 Å². The summed E-state index contributed by atoms with van der Waals surface area (Å²) in [5, 5.41) is 4.79.